The van der Waals surface area contributed by atoms with E-state index < -0.39 is 8.07 Å². The summed E-state index contributed by atoms with van der Waals surface area (Å²) in [5, 5.41) is 1.35. The highest BCUT2D eigenvalue weighted by Crippen LogP contribution is 2.21. The Morgan fingerprint density at radius 1 is 1.22 bits per heavy atom. The van der Waals surface area contributed by atoms with Gasteiger partial charge in [-0.05, 0) is 22.6 Å². The van der Waals surface area contributed by atoms with Crippen molar-refractivity contribution in [2.24, 2.45) is 0 Å². The zero-order chi connectivity index (χ0) is 12.3. The molecule has 0 saturated heterocycles. The predicted octanol–water partition coefficient (Wildman–Crippen LogP) is 4.46. The standard InChI is InChI=1S/C14H21NSSi.ClH/c1-17(2,3)12-16-11-15-9-8-13-6-4-5-7-14(13)10-15;/h4-9H,10-12H2,1-3H3;1H. The molecule has 0 aliphatic carbocycles. The number of fused-ring (bicyclic) bond motifs is 1. The molecule has 1 aliphatic heterocycles. The third kappa shape index (κ3) is 4.71. The fourth-order valence-corrected chi connectivity index (χ4v) is 5.08. The van der Waals surface area contributed by atoms with E-state index >= 15 is 0 Å². The van der Waals surface area contributed by atoms with Gasteiger partial charge in [-0.1, -0.05) is 43.9 Å². The minimum Gasteiger partial charge on any atom is -0.364 e. The van der Waals surface area contributed by atoms with Gasteiger partial charge in [0.15, 0.2) is 0 Å². The van der Waals surface area contributed by atoms with Gasteiger partial charge in [0.1, 0.15) is 0 Å². The summed E-state index contributed by atoms with van der Waals surface area (Å²) in [7, 11) is -0.901. The first-order valence-electron chi connectivity index (χ1n) is 6.12. The topological polar surface area (TPSA) is 3.24 Å². The van der Waals surface area contributed by atoms with Gasteiger partial charge in [-0.25, -0.2) is 0 Å². The molecule has 0 radical (unpaired) electrons. The summed E-state index contributed by atoms with van der Waals surface area (Å²) < 4.78 is 0. The van der Waals surface area contributed by atoms with Crippen molar-refractivity contribution in [1.82, 2.24) is 4.90 Å². The molecule has 18 heavy (non-hydrogen) atoms. The first kappa shape index (κ1) is 15.7. The second kappa shape index (κ2) is 6.69. The maximum absolute atomic E-state index is 2.43. The number of thioether (sulfide) groups is 1. The van der Waals surface area contributed by atoms with Crippen molar-refractivity contribution >= 4 is 38.3 Å². The van der Waals surface area contributed by atoms with Crippen LogP contribution >= 0.6 is 24.2 Å². The number of nitrogens with zero attached hydrogens (tertiary/aromatic N) is 1. The van der Waals surface area contributed by atoms with Gasteiger partial charge in [-0.3, -0.25) is 0 Å². The molecule has 0 unspecified atom stereocenters. The molecule has 0 saturated carbocycles. The van der Waals surface area contributed by atoms with Gasteiger partial charge >= 0.3 is 0 Å². The number of benzene rings is 1. The van der Waals surface area contributed by atoms with Crippen LogP contribution in [0.2, 0.25) is 19.6 Å². The van der Waals surface area contributed by atoms with Crippen LogP contribution in [0.5, 0.6) is 0 Å². The second-order valence-corrected chi connectivity index (χ2v) is 12.7. The Kier molecular flexibility index (Phi) is 5.82. The Morgan fingerprint density at radius 3 is 2.67 bits per heavy atom. The summed E-state index contributed by atoms with van der Waals surface area (Å²) in [4.78, 5) is 2.41. The van der Waals surface area contributed by atoms with Crippen LogP contribution in [0, 0.1) is 0 Å². The number of hydrogen-bond acceptors (Lipinski definition) is 2. The van der Waals surface area contributed by atoms with E-state index in [2.05, 4.69) is 72.8 Å². The molecule has 1 aromatic rings. The van der Waals surface area contributed by atoms with Crippen LogP contribution in [0.15, 0.2) is 30.5 Å². The lowest BCUT2D eigenvalue weighted by Crippen LogP contribution is -2.26. The monoisotopic (exact) mass is 299 g/mol. The van der Waals surface area contributed by atoms with E-state index in [-0.39, 0.29) is 12.4 Å². The normalized spacial score (nSPS) is 14.1. The Labute approximate surface area is 122 Å². The van der Waals surface area contributed by atoms with Crippen molar-refractivity contribution in [1.29, 1.82) is 0 Å². The quantitative estimate of drug-likeness (QED) is 0.755. The van der Waals surface area contributed by atoms with Gasteiger partial charge in [0.2, 0.25) is 0 Å². The summed E-state index contributed by atoms with van der Waals surface area (Å²) >= 11 is 2.08. The smallest absolute Gasteiger partial charge is 0.0634 e. The average Bonchev–Trinajstić information content (AvgIpc) is 2.27. The van der Waals surface area contributed by atoms with Gasteiger partial charge in [0.05, 0.1) is 14.0 Å². The van der Waals surface area contributed by atoms with Gasteiger partial charge in [-0.2, -0.15) is 0 Å². The molecule has 0 spiro atoms. The fourth-order valence-electron chi connectivity index (χ4n) is 1.86. The second-order valence-electron chi connectivity index (χ2n) is 5.80. The number of hydrogen-bond donors (Lipinski definition) is 0. The minimum absolute atomic E-state index is 0. The average molecular weight is 300 g/mol. The van der Waals surface area contributed by atoms with Crippen LogP contribution < -0.4 is 0 Å². The van der Waals surface area contributed by atoms with Gasteiger partial charge in [0.25, 0.3) is 0 Å². The summed E-state index contributed by atoms with van der Waals surface area (Å²) in [6, 6.07) is 8.66. The maximum atomic E-state index is 2.43. The fraction of sp³-hybridized carbons (Fsp3) is 0.429. The molecular formula is C14H22ClNSSi. The van der Waals surface area contributed by atoms with Gasteiger partial charge < -0.3 is 4.90 Å². The molecular weight excluding hydrogens is 278 g/mol. The Morgan fingerprint density at radius 2 is 1.94 bits per heavy atom. The third-order valence-electron chi connectivity index (χ3n) is 2.69. The largest absolute Gasteiger partial charge is 0.364 e. The molecule has 0 bridgehead atoms. The van der Waals surface area contributed by atoms with E-state index in [1.54, 1.807) is 0 Å². The molecule has 4 heteroatoms. The minimum atomic E-state index is -0.901. The van der Waals surface area contributed by atoms with Crippen LogP contribution in [-0.4, -0.2) is 24.2 Å². The van der Waals surface area contributed by atoms with Gasteiger partial charge in [-0.15, -0.1) is 24.2 Å². The van der Waals surface area contributed by atoms with E-state index in [0.29, 0.717) is 0 Å². The van der Waals surface area contributed by atoms with E-state index in [0.717, 1.165) is 12.4 Å². The third-order valence-corrected chi connectivity index (χ3v) is 7.48. The lowest BCUT2D eigenvalue weighted by molar-refractivity contribution is 0.431. The Bertz CT molecular complexity index is 415. The van der Waals surface area contributed by atoms with Crippen molar-refractivity contribution in [2.75, 3.05) is 11.3 Å². The summed E-state index contributed by atoms with van der Waals surface area (Å²) in [6.45, 7) is 8.36. The highest BCUT2D eigenvalue weighted by Gasteiger charge is 2.14. The molecule has 1 aromatic carbocycles. The molecule has 1 aliphatic rings. The van der Waals surface area contributed by atoms with Crippen LogP contribution in [0.1, 0.15) is 11.1 Å². The van der Waals surface area contributed by atoms with Crippen LogP contribution in [0.25, 0.3) is 6.08 Å². The van der Waals surface area contributed by atoms with Crippen molar-refractivity contribution < 1.29 is 0 Å². The molecule has 1 heterocycles. The van der Waals surface area contributed by atoms with Crippen molar-refractivity contribution in [3.05, 3.63) is 41.6 Å². The summed E-state index contributed by atoms with van der Waals surface area (Å²) in [5.74, 6) is 1.12. The summed E-state index contributed by atoms with van der Waals surface area (Å²) in [6.07, 6.45) is 4.47. The zero-order valence-electron chi connectivity index (χ0n) is 11.3. The lowest BCUT2D eigenvalue weighted by Gasteiger charge is -2.26. The molecule has 0 aromatic heterocycles. The lowest BCUT2D eigenvalue weighted by atomic mass is 10.1. The number of halogens is 1. The Balaban J connectivity index is 0.00000162. The van der Waals surface area contributed by atoms with Crippen molar-refractivity contribution in [2.45, 2.75) is 26.2 Å². The molecule has 0 fully saturated rings. The van der Waals surface area contributed by atoms with Crippen LogP contribution in [-0.2, 0) is 6.54 Å². The predicted molar refractivity (Wildman–Crippen MR) is 88.9 cm³/mol. The zero-order valence-corrected chi connectivity index (χ0v) is 14.0. The highest BCUT2D eigenvalue weighted by molar-refractivity contribution is 8.00. The van der Waals surface area contributed by atoms with E-state index in [1.807, 2.05) is 0 Å². The van der Waals surface area contributed by atoms with Crippen LogP contribution in [0.3, 0.4) is 0 Å². The molecule has 0 N–H and O–H groups in total. The molecule has 1 nitrogen and oxygen atoms in total. The summed E-state index contributed by atoms with van der Waals surface area (Å²) in [5.41, 5.74) is 2.82. The van der Waals surface area contributed by atoms with E-state index in [4.69, 9.17) is 0 Å². The van der Waals surface area contributed by atoms with Crippen molar-refractivity contribution in [3.8, 4) is 0 Å². The highest BCUT2D eigenvalue weighted by atomic mass is 35.5. The molecule has 2 rings (SSSR count). The van der Waals surface area contributed by atoms with Gasteiger partial charge in [0, 0.05) is 12.7 Å². The van der Waals surface area contributed by atoms with Crippen LogP contribution in [0.4, 0.5) is 0 Å². The molecule has 0 amide bonds. The van der Waals surface area contributed by atoms with Crippen molar-refractivity contribution in [3.63, 3.8) is 0 Å². The maximum Gasteiger partial charge on any atom is 0.0634 e. The SMILES string of the molecule is C[Si](C)(C)CSCN1C=Cc2ccccc2C1.Cl. The van der Waals surface area contributed by atoms with E-state index in [9.17, 15) is 0 Å². The molecule has 100 valence electrons. The van der Waals surface area contributed by atoms with E-state index in [1.165, 1.54) is 16.5 Å². The molecule has 0 atom stereocenters. The Hall–Kier alpha value is -0.383. The first-order chi connectivity index (χ1) is 8.04. The first-order valence-corrected chi connectivity index (χ1v) is 11.0. The number of rotatable bonds is 4.